The van der Waals surface area contributed by atoms with E-state index >= 15 is 0 Å². The van der Waals surface area contributed by atoms with Crippen LogP contribution in [0, 0.1) is 5.82 Å². The van der Waals surface area contributed by atoms with E-state index in [2.05, 4.69) is 10.2 Å². The third kappa shape index (κ3) is 4.65. The van der Waals surface area contributed by atoms with Crippen LogP contribution < -0.4 is 4.74 Å². The SMILES string of the molecule is CCn1c(COc2ccccc2F)nnc1SCc1ccc(C(=O)O)cc1. The van der Waals surface area contributed by atoms with E-state index in [0.717, 1.165) is 10.7 Å². The van der Waals surface area contributed by atoms with Crippen LogP contribution in [0.5, 0.6) is 5.75 Å². The zero-order valence-electron chi connectivity index (χ0n) is 14.6. The van der Waals surface area contributed by atoms with Crippen molar-refractivity contribution in [3.63, 3.8) is 0 Å². The topological polar surface area (TPSA) is 77.2 Å². The number of hydrogen-bond acceptors (Lipinski definition) is 5. The molecule has 3 aromatic rings. The summed E-state index contributed by atoms with van der Waals surface area (Å²) in [4.78, 5) is 10.9. The van der Waals surface area contributed by atoms with Gasteiger partial charge < -0.3 is 14.4 Å². The number of carboxylic acid groups (broad SMARTS) is 1. The molecule has 0 amide bonds. The van der Waals surface area contributed by atoms with Gasteiger partial charge in [0.2, 0.25) is 0 Å². The van der Waals surface area contributed by atoms with Crippen LogP contribution in [0.25, 0.3) is 0 Å². The van der Waals surface area contributed by atoms with Crippen molar-refractivity contribution in [1.82, 2.24) is 14.8 Å². The second-order valence-electron chi connectivity index (χ2n) is 5.65. The molecule has 27 heavy (non-hydrogen) atoms. The normalized spacial score (nSPS) is 10.7. The van der Waals surface area contributed by atoms with E-state index in [1.54, 1.807) is 42.5 Å². The van der Waals surface area contributed by atoms with Crippen LogP contribution in [0.15, 0.2) is 53.7 Å². The lowest BCUT2D eigenvalue weighted by molar-refractivity contribution is 0.0697. The van der Waals surface area contributed by atoms with E-state index in [-0.39, 0.29) is 17.9 Å². The Morgan fingerprint density at radius 2 is 1.93 bits per heavy atom. The Kier molecular flexibility index (Phi) is 6.08. The van der Waals surface area contributed by atoms with Crippen molar-refractivity contribution in [2.75, 3.05) is 0 Å². The van der Waals surface area contributed by atoms with Crippen molar-refractivity contribution < 1.29 is 19.0 Å². The molecule has 0 saturated heterocycles. The van der Waals surface area contributed by atoms with Crippen molar-refractivity contribution in [3.05, 3.63) is 71.3 Å². The minimum absolute atomic E-state index is 0.121. The maximum absolute atomic E-state index is 13.7. The summed E-state index contributed by atoms with van der Waals surface area (Å²) in [6.07, 6.45) is 0. The van der Waals surface area contributed by atoms with Gasteiger partial charge in [-0.1, -0.05) is 36.0 Å². The number of para-hydroxylation sites is 1. The summed E-state index contributed by atoms with van der Waals surface area (Å²) in [5, 5.41) is 18.0. The number of aromatic nitrogens is 3. The van der Waals surface area contributed by atoms with Crippen LogP contribution in [0.3, 0.4) is 0 Å². The number of hydrogen-bond donors (Lipinski definition) is 1. The van der Waals surface area contributed by atoms with E-state index in [4.69, 9.17) is 9.84 Å². The van der Waals surface area contributed by atoms with E-state index in [1.807, 2.05) is 11.5 Å². The number of thioether (sulfide) groups is 1. The van der Waals surface area contributed by atoms with E-state index in [1.165, 1.54) is 17.8 Å². The number of aromatic carboxylic acids is 1. The highest BCUT2D eigenvalue weighted by Gasteiger charge is 2.13. The number of halogens is 1. The fourth-order valence-electron chi connectivity index (χ4n) is 2.45. The van der Waals surface area contributed by atoms with Crippen molar-refractivity contribution >= 4 is 17.7 Å². The third-order valence-corrected chi connectivity index (χ3v) is 4.91. The molecule has 0 atom stereocenters. The number of nitrogens with zero attached hydrogens (tertiary/aromatic N) is 3. The van der Waals surface area contributed by atoms with E-state index in [0.29, 0.717) is 18.1 Å². The van der Waals surface area contributed by atoms with Gasteiger partial charge in [0.1, 0.15) is 6.61 Å². The summed E-state index contributed by atoms with van der Waals surface area (Å²) >= 11 is 1.50. The molecule has 0 aliphatic carbocycles. The summed E-state index contributed by atoms with van der Waals surface area (Å²) < 4.78 is 21.1. The Labute approximate surface area is 160 Å². The standard InChI is InChI=1S/C19H18FN3O3S/c1-2-23-17(11-26-16-6-4-3-5-15(16)20)21-22-19(23)27-12-13-7-9-14(10-8-13)18(24)25/h3-10H,2,11-12H2,1H3,(H,24,25). The fraction of sp³-hybridized carbons (Fsp3) is 0.211. The molecule has 1 aromatic heterocycles. The maximum Gasteiger partial charge on any atom is 0.335 e. The number of carbonyl (C=O) groups is 1. The minimum atomic E-state index is -0.945. The zero-order chi connectivity index (χ0) is 19.2. The molecule has 0 aliphatic heterocycles. The molecule has 140 valence electrons. The number of benzene rings is 2. The Morgan fingerprint density at radius 1 is 1.19 bits per heavy atom. The lowest BCUT2D eigenvalue weighted by Crippen LogP contribution is -2.07. The molecule has 0 unspecified atom stereocenters. The Balaban J connectivity index is 1.64. The first-order valence-electron chi connectivity index (χ1n) is 8.33. The highest BCUT2D eigenvalue weighted by Crippen LogP contribution is 2.23. The molecule has 2 aromatic carbocycles. The van der Waals surface area contributed by atoms with Crippen LogP contribution in [0.1, 0.15) is 28.7 Å². The summed E-state index contributed by atoms with van der Waals surface area (Å²) in [5.74, 6) is 0.0610. The van der Waals surface area contributed by atoms with Gasteiger partial charge in [0.05, 0.1) is 5.56 Å². The van der Waals surface area contributed by atoms with Gasteiger partial charge in [-0.25, -0.2) is 9.18 Å². The molecule has 0 aliphatic rings. The van der Waals surface area contributed by atoms with Crippen LogP contribution in [0.4, 0.5) is 4.39 Å². The summed E-state index contributed by atoms with van der Waals surface area (Å²) in [6, 6.07) is 13.0. The molecule has 0 fully saturated rings. The first-order valence-corrected chi connectivity index (χ1v) is 9.31. The van der Waals surface area contributed by atoms with Gasteiger partial charge in [-0.15, -0.1) is 10.2 Å². The molecule has 0 radical (unpaired) electrons. The lowest BCUT2D eigenvalue weighted by Gasteiger charge is -2.09. The lowest BCUT2D eigenvalue weighted by atomic mass is 10.1. The Bertz CT molecular complexity index is 928. The largest absolute Gasteiger partial charge is 0.483 e. The summed E-state index contributed by atoms with van der Waals surface area (Å²) in [6.45, 7) is 2.75. The first-order chi connectivity index (χ1) is 13.1. The average Bonchev–Trinajstić information content (AvgIpc) is 3.08. The van der Waals surface area contributed by atoms with E-state index < -0.39 is 11.8 Å². The van der Waals surface area contributed by atoms with Gasteiger partial charge >= 0.3 is 5.97 Å². The van der Waals surface area contributed by atoms with Crippen molar-refractivity contribution in [2.45, 2.75) is 31.0 Å². The monoisotopic (exact) mass is 387 g/mol. The molecule has 8 heteroatoms. The second-order valence-corrected chi connectivity index (χ2v) is 6.60. The summed E-state index contributed by atoms with van der Waals surface area (Å²) in [7, 11) is 0. The molecule has 0 saturated carbocycles. The molecule has 0 bridgehead atoms. The first kappa shape index (κ1) is 18.9. The zero-order valence-corrected chi connectivity index (χ0v) is 15.4. The van der Waals surface area contributed by atoms with Gasteiger partial charge in [-0.2, -0.15) is 0 Å². The van der Waals surface area contributed by atoms with Crippen molar-refractivity contribution in [1.29, 1.82) is 0 Å². The predicted octanol–water partition coefficient (Wildman–Crippen LogP) is 4.01. The third-order valence-electron chi connectivity index (χ3n) is 3.87. The van der Waals surface area contributed by atoms with Gasteiger partial charge in [0, 0.05) is 12.3 Å². The smallest absolute Gasteiger partial charge is 0.335 e. The predicted molar refractivity (Wildman–Crippen MR) is 99.4 cm³/mol. The van der Waals surface area contributed by atoms with Crippen LogP contribution in [0.2, 0.25) is 0 Å². The second kappa shape index (κ2) is 8.68. The van der Waals surface area contributed by atoms with Gasteiger partial charge in [-0.3, -0.25) is 0 Å². The highest BCUT2D eigenvalue weighted by molar-refractivity contribution is 7.98. The van der Waals surface area contributed by atoms with Crippen LogP contribution >= 0.6 is 11.8 Å². The molecule has 6 nitrogen and oxygen atoms in total. The highest BCUT2D eigenvalue weighted by atomic mass is 32.2. The molecular weight excluding hydrogens is 369 g/mol. The number of rotatable bonds is 8. The average molecular weight is 387 g/mol. The van der Waals surface area contributed by atoms with Crippen molar-refractivity contribution in [2.24, 2.45) is 0 Å². The fourth-order valence-corrected chi connectivity index (χ4v) is 3.42. The molecule has 1 N–H and O–H groups in total. The quantitative estimate of drug-likeness (QED) is 0.589. The number of carboxylic acids is 1. The van der Waals surface area contributed by atoms with Gasteiger partial charge in [0.15, 0.2) is 22.5 Å². The maximum atomic E-state index is 13.7. The molecular formula is C19H18FN3O3S. The Morgan fingerprint density at radius 3 is 2.59 bits per heavy atom. The molecule has 0 spiro atoms. The van der Waals surface area contributed by atoms with Crippen LogP contribution in [-0.4, -0.2) is 25.8 Å². The van der Waals surface area contributed by atoms with Gasteiger partial charge in [0.25, 0.3) is 0 Å². The Hall–Kier alpha value is -2.87. The van der Waals surface area contributed by atoms with Crippen LogP contribution in [-0.2, 0) is 18.9 Å². The minimum Gasteiger partial charge on any atom is -0.483 e. The van der Waals surface area contributed by atoms with E-state index in [9.17, 15) is 9.18 Å². The van der Waals surface area contributed by atoms with Gasteiger partial charge in [-0.05, 0) is 36.8 Å². The van der Waals surface area contributed by atoms with Crippen molar-refractivity contribution in [3.8, 4) is 5.75 Å². The summed E-state index contributed by atoms with van der Waals surface area (Å²) in [5.41, 5.74) is 1.24. The number of ether oxygens (including phenoxy) is 1. The molecule has 1 heterocycles. The molecule has 3 rings (SSSR count).